The zero-order valence-corrected chi connectivity index (χ0v) is 16.3. The molecule has 3 aliphatic heterocycles. The second kappa shape index (κ2) is 8.18. The third-order valence-electron chi connectivity index (χ3n) is 5.54. The van der Waals surface area contributed by atoms with Crippen LogP contribution in [0.4, 0.5) is 0 Å². The first kappa shape index (κ1) is 18.1. The van der Waals surface area contributed by atoms with Gasteiger partial charge >= 0.3 is 0 Å². The van der Waals surface area contributed by atoms with E-state index in [4.69, 9.17) is 27.9 Å². The molecule has 0 aliphatic carbocycles. The molecule has 3 nitrogen and oxygen atoms in total. The van der Waals surface area contributed by atoms with Gasteiger partial charge < -0.3 is 15.0 Å². The van der Waals surface area contributed by atoms with Crippen LogP contribution in [0.1, 0.15) is 24.0 Å². The Hall–Kier alpha value is -1.26. The zero-order chi connectivity index (χ0) is 17.9. The number of fused-ring (bicyclic) bond motifs is 3. The quantitative estimate of drug-likeness (QED) is 0.769. The van der Waals surface area contributed by atoms with Crippen molar-refractivity contribution in [2.45, 2.75) is 32.0 Å². The van der Waals surface area contributed by atoms with Crippen molar-refractivity contribution in [1.29, 1.82) is 0 Å². The Morgan fingerprint density at radius 2 is 1.73 bits per heavy atom. The summed E-state index contributed by atoms with van der Waals surface area (Å²) in [6.45, 7) is 4.98. The summed E-state index contributed by atoms with van der Waals surface area (Å²) >= 11 is 12.2. The molecule has 1 N–H and O–H groups in total. The van der Waals surface area contributed by atoms with Crippen LogP contribution in [0.25, 0.3) is 0 Å². The number of rotatable bonds is 6. The van der Waals surface area contributed by atoms with Gasteiger partial charge in [-0.3, -0.25) is 0 Å². The highest BCUT2D eigenvalue weighted by Crippen LogP contribution is 2.29. The number of benzene rings is 2. The Bertz CT molecular complexity index is 742. The topological polar surface area (TPSA) is 24.5 Å². The monoisotopic (exact) mass is 390 g/mol. The summed E-state index contributed by atoms with van der Waals surface area (Å²) in [5.74, 6) is 1.69. The predicted molar refractivity (Wildman–Crippen MR) is 107 cm³/mol. The van der Waals surface area contributed by atoms with Gasteiger partial charge in [-0.1, -0.05) is 35.3 Å². The molecule has 3 saturated heterocycles. The maximum atomic E-state index is 6.23. The number of nitrogens with one attached hydrogen (secondary N) is 1. The summed E-state index contributed by atoms with van der Waals surface area (Å²) in [5, 5.41) is 5.23. The van der Waals surface area contributed by atoms with Crippen molar-refractivity contribution in [1.82, 2.24) is 10.2 Å². The Morgan fingerprint density at radius 3 is 2.42 bits per heavy atom. The van der Waals surface area contributed by atoms with Crippen LogP contribution in [0, 0.1) is 5.92 Å². The largest absolute Gasteiger partial charge is 0.489 e. The molecule has 3 fully saturated rings. The first-order chi connectivity index (χ1) is 12.7. The first-order valence-corrected chi connectivity index (χ1v) is 10.0. The predicted octanol–water partition coefficient (Wildman–Crippen LogP) is 4.76. The fourth-order valence-corrected chi connectivity index (χ4v) is 4.33. The molecular formula is C21H24Cl2N2O. The van der Waals surface area contributed by atoms with Crippen molar-refractivity contribution >= 4 is 23.2 Å². The van der Waals surface area contributed by atoms with Crippen molar-refractivity contribution in [2.75, 3.05) is 19.6 Å². The molecule has 0 aromatic heterocycles. The van der Waals surface area contributed by atoms with Gasteiger partial charge in [0.15, 0.2) is 0 Å². The van der Waals surface area contributed by atoms with Gasteiger partial charge in [-0.25, -0.2) is 0 Å². The number of hydrogen-bond donors (Lipinski definition) is 1. The van der Waals surface area contributed by atoms with Gasteiger partial charge in [-0.05, 0) is 67.7 Å². The lowest BCUT2D eigenvalue weighted by Gasteiger charge is -2.45. The molecule has 5 heteroatoms. The molecule has 0 spiro atoms. The van der Waals surface area contributed by atoms with E-state index in [9.17, 15) is 0 Å². The SMILES string of the molecule is Clc1ccc(COc2ccc(Cl)cc2CNC2CN3CCC2CC3)cc1. The second-order valence-corrected chi connectivity index (χ2v) is 8.17. The number of piperidine rings is 3. The third kappa shape index (κ3) is 4.34. The molecule has 0 amide bonds. The molecule has 5 rings (SSSR count). The standard InChI is InChI=1S/C21H24Cl2N2O/c22-18-3-1-15(2-4-18)14-26-21-6-5-19(23)11-17(21)12-24-20-13-25-9-7-16(20)8-10-25/h1-6,11,16,20,24H,7-10,12-14H2. The zero-order valence-electron chi connectivity index (χ0n) is 14.8. The third-order valence-corrected chi connectivity index (χ3v) is 6.03. The molecule has 3 aliphatic rings. The van der Waals surface area contributed by atoms with Crippen LogP contribution in [-0.2, 0) is 13.2 Å². The Kier molecular flexibility index (Phi) is 5.70. The average Bonchev–Trinajstić information content (AvgIpc) is 2.68. The van der Waals surface area contributed by atoms with E-state index in [1.165, 1.54) is 25.9 Å². The van der Waals surface area contributed by atoms with E-state index >= 15 is 0 Å². The van der Waals surface area contributed by atoms with Gasteiger partial charge in [0.25, 0.3) is 0 Å². The molecule has 138 valence electrons. The lowest BCUT2D eigenvalue weighted by atomic mass is 9.84. The summed E-state index contributed by atoms with van der Waals surface area (Å²) in [4.78, 5) is 2.56. The van der Waals surface area contributed by atoms with Crippen LogP contribution in [0.15, 0.2) is 42.5 Å². The van der Waals surface area contributed by atoms with Gasteiger partial charge in [0.1, 0.15) is 12.4 Å². The van der Waals surface area contributed by atoms with Crippen molar-refractivity contribution in [3.63, 3.8) is 0 Å². The summed E-state index contributed by atoms with van der Waals surface area (Å²) in [5.41, 5.74) is 2.21. The molecule has 3 heterocycles. The Morgan fingerprint density at radius 1 is 1.00 bits per heavy atom. The van der Waals surface area contributed by atoms with Crippen LogP contribution in [-0.4, -0.2) is 30.6 Å². The average molecular weight is 391 g/mol. The first-order valence-electron chi connectivity index (χ1n) is 9.29. The van der Waals surface area contributed by atoms with E-state index in [0.29, 0.717) is 12.6 Å². The molecule has 2 aromatic carbocycles. The fraction of sp³-hybridized carbons (Fsp3) is 0.429. The minimum Gasteiger partial charge on any atom is -0.489 e. The van der Waals surface area contributed by atoms with E-state index in [1.54, 1.807) is 0 Å². The van der Waals surface area contributed by atoms with E-state index in [1.807, 2.05) is 42.5 Å². The summed E-state index contributed by atoms with van der Waals surface area (Å²) in [6, 6.07) is 14.2. The lowest BCUT2D eigenvalue weighted by molar-refractivity contribution is 0.0718. The maximum Gasteiger partial charge on any atom is 0.124 e. The molecule has 26 heavy (non-hydrogen) atoms. The normalized spacial score (nSPS) is 24.6. The second-order valence-electron chi connectivity index (χ2n) is 7.29. The van der Waals surface area contributed by atoms with Crippen molar-refractivity contribution in [3.05, 3.63) is 63.6 Å². The summed E-state index contributed by atoms with van der Waals surface area (Å²) < 4.78 is 6.07. The van der Waals surface area contributed by atoms with Crippen LogP contribution in [0.2, 0.25) is 10.0 Å². The van der Waals surface area contributed by atoms with Gasteiger partial charge in [0.05, 0.1) is 0 Å². The lowest BCUT2D eigenvalue weighted by Crippen LogP contribution is -2.55. The van der Waals surface area contributed by atoms with Crippen molar-refractivity contribution in [3.8, 4) is 5.75 Å². The van der Waals surface area contributed by atoms with Gasteiger partial charge in [-0.15, -0.1) is 0 Å². The molecule has 1 atom stereocenters. The molecule has 2 bridgehead atoms. The Balaban J connectivity index is 1.40. The Labute approximate surface area is 165 Å². The molecule has 0 radical (unpaired) electrons. The smallest absolute Gasteiger partial charge is 0.124 e. The highest BCUT2D eigenvalue weighted by Gasteiger charge is 2.33. The highest BCUT2D eigenvalue weighted by atomic mass is 35.5. The number of ether oxygens (including phenoxy) is 1. The number of nitrogens with zero attached hydrogens (tertiary/aromatic N) is 1. The van der Waals surface area contributed by atoms with E-state index < -0.39 is 0 Å². The van der Waals surface area contributed by atoms with Crippen molar-refractivity contribution in [2.24, 2.45) is 5.92 Å². The van der Waals surface area contributed by atoms with Crippen LogP contribution in [0.3, 0.4) is 0 Å². The minimum atomic E-state index is 0.519. The molecular weight excluding hydrogens is 367 g/mol. The number of halogens is 2. The van der Waals surface area contributed by atoms with Crippen LogP contribution < -0.4 is 10.1 Å². The molecule has 0 saturated carbocycles. The van der Waals surface area contributed by atoms with Gasteiger partial charge in [0, 0.05) is 34.7 Å². The van der Waals surface area contributed by atoms with E-state index in [0.717, 1.165) is 45.9 Å². The van der Waals surface area contributed by atoms with Gasteiger partial charge in [-0.2, -0.15) is 0 Å². The summed E-state index contributed by atoms with van der Waals surface area (Å²) in [6.07, 6.45) is 2.63. The van der Waals surface area contributed by atoms with Crippen LogP contribution in [0.5, 0.6) is 5.75 Å². The number of hydrogen-bond acceptors (Lipinski definition) is 3. The fourth-order valence-electron chi connectivity index (χ4n) is 4.01. The van der Waals surface area contributed by atoms with E-state index in [-0.39, 0.29) is 0 Å². The highest BCUT2D eigenvalue weighted by molar-refractivity contribution is 6.30. The molecule has 2 aromatic rings. The van der Waals surface area contributed by atoms with Crippen molar-refractivity contribution < 1.29 is 4.74 Å². The minimum absolute atomic E-state index is 0.519. The molecule has 1 unspecified atom stereocenters. The van der Waals surface area contributed by atoms with E-state index in [2.05, 4.69) is 10.2 Å². The van der Waals surface area contributed by atoms with Gasteiger partial charge in [0.2, 0.25) is 0 Å². The summed E-state index contributed by atoms with van der Waals surface area (Å²) in [7, 11) is 0. The maximum absolute atomic E-state index is 6.23. The van der Waals surface area contributed by atoms with Crippen LogP contribution >= 0.6 is 23.2 Å².